The second kappa shape index (κ2) is 7.78. The van der Waals surface area contributed by atoms with Gasteiger partial charge in [0.25, 0.3) is 0 Å². The number of halogens is 3. The molecule has 1 N–H and O–H groups in total. The fourth-order valence-corrected chi connectivity index (χ4v) is 4.55. The van der Waals surface area contributed by atoms with Crippen molar-refractivity contribution in [1.82, 2.24) is 0 Å². The quantitative estimate of drug-likeness (QED) is 0.419. The topological polar surface area (TPSA) is 29.5 Å². The van der Waals surface area contributed by atoms with Gasteiger partial charge in [-0.1, -0.05) is 55.1 Å². The molecular weight excluding hydrogens is 309 g/mol. The van der Waals surface area contributed by atoms with Gasteiger partial charge in [-0.05, 0) is 24.6 Å². The molecule has 0 aromatic heterocycles. The molecule has 0 rings (SSSR count). The van der Waals surface area contributed by atoms with Crippen LogP contribution in [-0.4, -0.2) is 21.0 Å². The molecule has 0 aliphatic heterocycles. The van der Waals surface area contributed by atoms with Crippen LogP contribution in [0, 0.1) is 0 Å². The SMILES string of the molecule is CCCCOP(O)(=S)C(CC)CC(Cl)(Cl)Cl. The van der Waals surface area contributed by atoms with Gasteiger partial charge in [-0.3, -0.25) is 0 Å². The molecule has 0 saturated heterocycles. The summed E-state index contributed by atoms with van der Waals surface area (Å²) in [5.74, 6) is 0. The van der Waals surface area contributed by atoms with Crippen molar-refractivity contribution in [3.8, 4) is 0 Å². The molecule has 7 heteroatoms. The van der Waals surface area contributed by atoms with E-state index in [0.717, 1.165) is 12.8 Å². The van der Waals surface area contributed by atoms with Gasteiger partial charge in [0, 0.05) is 12.1 Å². The van der Waals surface area contributed by atoms with Crippen LogP contribution in [0.25, 0.3) is 0 Å². The van der Waals surface area contributed by atoms with Crippen LogP contribution in [-0.2, 0) is 16.3 Å². The minimum Gasteiger partial charge on any atom is -0.345 e. The molecule has 0 saturated carbocycles. The van der Waals surface area contributed by atoms with Crippen molar-refractivity contribution < 1.29 is 9.42 Å². The second-order valence-electron chi connectivity index (χ2n) is 3.63. The summed E-state index contributed by atoms with van der Waals surface area (Å²) in [7, 11) is 0. The summed E-state index contributed by atoms with van der Waals surface area (Å²) < 4.78 is 3.99. The molecule has 0 aliphatic carbocycles. The summed E-state index contributed by atoms with van der Waals surface area (Å²) in [6, 6.07) is 0. The standard InChI is InChI=1S/C9H18Cl3O2PS/c1-3-5-6-14-15(13,16)8(4-2)7-9(10,11)12/h8H,3-7H2,1-2H3,(H,13,16). The number of hydrogen-bond acceptors (Lipinski definition) is 2. The Kier molecular flexibility index (Phi) is 8.48. The average molecular weight is 328 g/mol. The molecule has 16 heavy (non-hydrogen) atoms. The smallest absolute Gasteiger partial charge is 0.191 e. The van der Waals surface area contributed by atoms with E-state index in [-0.39, 0.29) is 12.1 Å². The van der Waals surface area contributed by atoms with Crippen LogP contribution in [0.5, 0.6) is 0 Å². The highest BCUT2D eigenvalue weighted by molar-refractivity contribution is 8.09. The van der Waals surface area contributed by atoms with E-state index in [0.29, 0.717) is 13.0 Å². The van der Waals surface area contributed by atoms with Gasteiger partial charge in [0.05, 0.1) is 6.61 Å². The molecule has 2 nitrogen and oxygen atoms in total. The summed E-state index contributed by atoms with van der Waals surface area (Å²) in [4.78, 5) is 10.1. The predicted molar refractivity (Wildman–Crippen MR) is 76.3 cm³/mol. The van der Waals surface area contributed by atoms with Crippen LogP contribution in [0.3, 0.4) is 0 Å². The fraction of sp³-hybridized carbons (Fsp3) is 1.00. The van der Waals surface area contributed by atoms with Crippen molar-refractivity contribution in [2.45, 2.75) is 49.0 Å². The lowest BCUT2D eigenvalue weighted by Gasteiger charge is -2.27. The zero-order valence-corrected chi connectivity index (χ0v) is 13.4. The Morgan fingerprint density at radius 2 is 1.94 bits per heavy atom. The Bertz CT molecular complexity index is 245. The van der Waals surface area contributed by atoms with Gasteiger partial charge in [0.2, 0.25) is 0 Å². The summed E-state index contributed by atoms with van der Waals surface area (Å²) in [6.45, 7) is 1.57. The van der Waals surface area contributed by atoms with Gasteiger partial charge in [0.1, 0.15) is 0 Å². The van der Waals surface area contributed by atoms with Crippen LogP contribution in [0.4, 0.5) is 0 Å². The highest BCUT2D eigenvalue weighted by Gasteiger charge is 2.33. The van der Waals surface area contributed by atoms with Crippen molar-refractivity contribution in [1.29, 1.82) is 0 Å². The van der Waals surface area contributed by atoms with Crippen molar-refractivity contribution >= 4 is 53.1 Å². The Morgan fingerprint density at radius 3 is 2.31 bits per heavy atom. The molecule has 0 aromatic rings. The van der Waals surface area contributed by atoms with E-state index in [1.54, 1.807) is 0 Å². The summed E-state index contributed by atoms with van der Waals surface area (Å²) in [6.07, 6.45) is 2.75. The molecular formula is C9H18Cl3O2PS. The lowest BCUT2D eigenvalue weighted by molar-refractivity contribution is 0.291. The van der Waals surface area contributed by atoms with Gasteiger partial charge in [-0.15, -0.1) is 0 Å². The Balaban J connectivity index is 4.37. The van der Waals surface area contributed by atoms with Gasteiger partial charge >= 0.3 is 0 Å². The Labute approximate surface area is 118 Å². The van der Waals surface area contributed by atoms with E-state index in [1.807, 2.05) is 13.8 Å². The molecule has 2 atom stereocenters. The first-order valence-corrected chi connectivity index (χ1v) is 9.14. The molecule has 2 unspecified atom stereocenters. The van der Waals surface area contributed by atoms with Gasteiger partial charge in [0.15, 0.2) is 10.3 Å². The van der Waals surface area contributed by atoms with Gasteiger partial charge in [-0.2, -0.15) is 0 Å². The third-order valence-electron chi connectivity index (χ3n) is 2.17. The average Bonchev–Trinajstić information content (AvgIpc) is 2.13. The van der Waals surface area contributed by atoms with E-state index >= 15 is 0 Å². The van der Waals surface area contributed by atoms with Crippen LogP contribution >= 0.6 is 41.3 Å². The lowest BCUT2D eigenvalue weighted by atomic mass is 10.3. The van der Waals surface area contributed by atoms with Crippen molar-refractivity contribution in [3.05, 3.63) is 0 Å². The molecule has 0 aliphatic rings. The number of unbranched alkanes of at least 4 members (excludes halogenated alkanes) is 1. The maximum absolute atomic E-state index is 10.1. The highest BCUT2D eigenvalue weighted by Crippen LogP contribution is 2.53. The summed E-state index contributed by atoms with van der Waals surface area (Å²) >= 11 is 22.2. The van der Waals surface area contributed by atoms with Gasteiger partial charge in [-0.25, -0.2) is 0 Å². The molecule has 0 bridgehead atoms. The van der Waals surface area contributed by atoms with Crippen LogP contribution < -0.4 is 0 Å². The maximum Gasteiger partial charge on any atom is 0.191 e. The zero-order valence-electron chi connectivity index (χ0n) is 9.46. The molecule has 0 fully saturated rings. The minimum atomic E-state index is -2.85. The van der Waals surface area contributed by atoms with E-state index in [4.69, 9.17) is 51.1 Å². The Hall–Kier alpha value is 1.44. The van der Waals surface area contributed by atoms with Crippen LogP contribution in [0.1, 0.15) is 39.5 Å². The largest absolute Gasteiger partial charge is 0.345 e. The number of hydrogen-bond donors (Lipinski definition) is 1. The van der Waals surface area contributed by atoms with Crippen LogP contribution in [0.15, 0.2) is 0 Å². The number of rotatable bonds is 7. The summed E-state index contributed by atoms with van der Waals surface area (Å²) in [5, 5.41) is 0. The third-order valence-corrected chi connectivity index (χ3v) is 5.87. The minimum absolute atomic E-state index is 0.230. The molecule has 0 heterocycles. The van der Waals surface area contributed by atoms with Gasteiger partial charge < -0.3 is 9.42 Å². The Morgan fingerprint density at radius 1 is 1.38 bits per heavy atom. The van der Waals surface area contributed by atoms with E-state index < -0.39 is 10.3 Å². The predicted octanol–water partition coefficient (Wildman–Crippen LogP) is 4.64. The first-order chi connectivity index (χ1) is 7.23. The fourth-order valence-electron chi connectivity index (χ4n) is 1.20. The first-order valence-electron chi connectivity index (χ1n) is 5.26. The molecule has 0 spiro atoms. The van der Waals surface area contributed by atoms with Crippen molar-refractivity contribution in [3.63, 3.8) is 0 Å². The lowest BCUT2D eigenvalue weighted by Crippen LogP contribution is -2.18. The normalized spacial score (nSPS) is 18.1. The molecule has 98 valence electrons. The third kappa shape index (κ3) is 7.71. The molecule has 0 radical (unpaired) electrons. The highest BCUT2D eigenvalue weighted by atomic mass is 35.6. The van der Waals surface area contributed by atoms with Crippen molar-refractivity contribution in [2.75, 3.05) is 6.61 Å². The monoisotopic (exact) mass is 326 g/mol. The molecule has 0 amide bonds. The second-order valence-corrected chi connectivity index (χ2v) is 9.83. The van der Waals surface area contributed by atoms with Crippen molar-refractivity contribution in [2.24, 2.45) is 0 Å². The van der Waals surface area contributed by atoms with E-state index in [1.165, 1.54) is 0 Å². The van der Waals surface area contributed by atoms with E-state index in [9.17, 15) is 4.89 Å². The van der Waals surface area contributed by atoms with Crippen LogP contribution in [0.2, 0.25) is 0 Å². The first kappa shape index (κ1) is 17.4. The number of alkyl halides is 3. The maximum atomic E-state index is 10.1. The van der Waals surface area contributed by atoms with E-state index in [2.05, 4.69) is 0 Å². The molecule has 0 aromatic carbocycles. The zero-order chi connectivity index (χ0) is 12.8. The summed E-state index contributed by atoms with van der Waals surface area (Å²) in [5.41, 5.74) is -0.258.